The average Bonchev–Trinajstić information content (AvgIpc) is 2.42. The number of hydrogen-bond acceptors (Lipinski definition) is 3. The Morgan fingerprint density at radius 3 is 2.42 bits per heavy atom. The van der Waals surface area contributed by atoms with Crippen LogP contribution in [0.15, 0.2) is 54.6 Å². The zero-order valence-electron chi connectivity index (χ0n) is 10.5. The number of ether oxygens (including phenoxy) is 1. The molecule has 0 spiro atoms. The van der Waals surface area contributed by atoms with E-state index in [-0.39, 0.29) is 0 Å². The van der Waals surface area contributed by atoms with Crippen LogP contribution < -0.4 is 15.8 Å². The Hall–Kier alpha value is -2.49. The van der Waals surface area contributed by atoms with Gasteiger partial charge in [-0.3, -0.25) is 0 Å². The number of anilines is 1. The predicted octanol–water partition coefficient (Wildman–Crippen LogP) is 2.60. The van der Waals surface area contributed by atoms with Crippen molar-refractivity contribution in [2.45, 2.75) is 6.42 Å². The Morgan fingerprint density at radius 2 is 1.74 bits per heavy atom. The van der Waals surface area contributed by atoms with E-state index in [1.165, 1.54) is 0 Å². The standard InChI is InChI=1S/C15H16N2O2/c16-13-8-6-12(7-9-13)10-11-17-15(18)19-14-4-2-1-3-5-14/h1-9H,10-11,16H2,(H,17,18). The van der Waals surface area contributed by atoms with Gasteiger partial charge in [0, 0.05) is 12.2 Å². The number of amides is 1. The van der Waals surface area contributed by atoms with Crippen LogP contribution in [-0.4, -0.2) is 12.6 Å². The molecule has 2 aromatic rings. The van der Waals surface area contributed by atoms with Gasteiger partial charge in [-0.2, -0.15) is 0 Å². The largest absolute Gasteiger partial charge is 0.412 e. The molecule has 0 fully saturated rings. The number of carbonyl (C=O) groups is 1. The fraction of sp³-hybridized carbons (Fsp3) is 0.133. The Bertz CT molecular complexity index is 524. The second kappa shape index (κ2) is 6.44. The van der Waals surface area contributed by atoms with E-state index < -0.39 is 6.09 Å². The number of nitrogens with one attached hydrogen (secondary N) is 1. The summed E-state index contributed by atoms with van der Waals surface area (Å²) in [5.41, 5.74) is 7.46. The van der Waals surface area contributed by atoms with E-state index >= 15 is 0 Å². The van der Waals surface area contributed by atoms with Crippen LogP contribution in [0, 0.1) is 0 Å². The highest BCUT2D eigenvalue weighted by Gasteiger charge is 2.02. The maximum atomic E-state index is 11.5. The fourth-order valence-electron chi connectivity index (χ4n) is 1.62. The molecule has 0 radical (unpaired) electrons. The van der Waals surface area contributed by atoms with Crippen LogP contribution in [-0.2, 0) is 6.42 Å². The minimum absolute atomic E-state index is 0.443. The van der Waals surface area contributed by atoms with Gasteiger partial charge in [0.05, 0.1) is 0 Å². The van der Waals surface area contributed by atoms with Gasteiger partial charge in [0.25, 0.3) is 0 Å². The average molecular weight is 256 g/mol. The first-order chi connectivity index (χ1) is 9.24. The number of nitrogen functional groups attached to an aromatic ring is 1. The van der Waals surface area contributed by atoms with Crippen molar-refractivity contribution in [1.29, 1.82) is 0 Å². The molecule has 0 heterocycles. The second-order valence-corrected chi connectivity index (χ2v) is 4.12. The molecule has 0 aromatic heterocycles. The summed E-state index contributed by atoms with van der Waals surface area (Å²) < 4.78 is 5.10. The molecule has 0 unspecified atom stereocenters. The van der Waals surface area contributed by atoms with Crippen molar-refractivity contribution in [3.63, 3.8) is 0 Å². The van der Waals surface area contributed by atoms with Gasteiger partial charge in [0.2, 0.25) is 0 Å². The van der Waals surface area contributed by atoms with Crippen LogP contribution in [0.25, 0.3) is 0 Å². The summed E-state index contributed by atoms with van der Waals surface area (Å²) in [5.74, 6) is 0.535. The Kier molecular flexibility index (Phi) is 4.39. The third-order valence-corrected chi connectivity index (χ3v) is 2.62. The third-order valence-electron chi connectivity index (χ3n) is 2.62. The summed E-state index contributed by atoms with van der Waals surface area (Å²) in [6.07, 6.45) is 0.297. The van der Waals surface area contributed by atoms with E-state index in [2.05, 4.69) is 5.32 Å². The van der Waals surface area contributed by atoms with Crippen molar-refractivity contribution in [3.8, 4) is 5.75 Å². The lowest BCUT2D eigenvalue weighted by atomic mass is 10.1. The smallest absolute Gasteiger partial charge is 0.410 e. The van der Waals surface area contributed by atoms with Crippen molar-refractivity contribution in [3.05, 3.63) is 60.2 Å². The molecular weight excluding hydrogens is 240 g/mol. The van der Waals surface area contributed by atoms with Gasteiger partial charge < -0.3 is 15.8 Å². The van der Waals surface area contributed by atoms with Crippen LogP contribution in [0.2, 0.25) is 0 Å². The zero-order chi connectivity index (χ0) is 13.5. The molecule has 0 bridgehead atoms. The molecule has 0 aliphatic carbocycles. The zero-order valence-corrected chi connectivity index (χ0v) is 10.5. The minimum Gasteiger partial charge on any atom is -0.410 e. The lowest BCUT2D eigenvalue weighted by Crippen LogP contribution is -2.28. The van der Waals surface area contributed by atoms with Crippen LogP contribution >= 0.6 is 0 Å². The number of rotatable bonds is 4. The normalized spacial score (nSPS) is 9.89. The maximum Gasteiger partial charge on any atom is 0.412 e. The van der Waals surface area contributed by atoms with Crippen molar-refractivity contribution >= 4 is 11.8 Å². The Labute approximate surface area is 112 Å². The summed E-state index contributed by atoms with van der Waals surface area (Å²) in [5, 5.41) is 2.70. The predicted molar refractivity (Wildman–Crippen MR) is 75.0 cm³/mol. The molecule has 0 aliphatic rings. The number of nitrogens with two attached hydrogens (primary N) is 1. The van der Waals surface area contributed by atoms with Crippen molar-refractivity contribution < 1.29 is 9.53 Å². The first-order valence-corrected chi connectivity index (χ1v) is 6.09. The number of benzene rings is 2. The monoisotopic (exact) mass is 256 g/mol. The SMILES string of the molecule is Nc1ccc(CCNC(=O)Oc2ccccc2)cc1. The summed E-state index contributed by atoms with van der Waals surface area (Å²) in [6.45, 7) is 0.523. The van der Waals surface area contributed by atoms with Crippen LogP contribution in [0.4, 0.5) is 10.5 Å². The quantitative estimate of drug-likeness (QED) is 0.826. The van der Waals surface area contributed by atoms with Crippen LogP contribution in [0.5, 0.6) is 5.75 Å². The van der Waals surface area contributed by atoms with Gasteiger partial charge in [-0.25, -0.2) is 4.79 Å². The Balaban J connectivity index is 1.74. The summed E-state index contributed by atoms with van der Waals surface area (Å²) in [6, 6.07) is 16.5. The van der Waals surface area contributed by atoms with Gasteiger partial charge >= 0.3 is 6.09 Å². The van der Waals surface area contributed by atoms with E-state index in [4.69, 9.17) is 10.5 Å². The molecule has 19 heavy (non-hydrogen) atoms. The highest BCUT2D eigenvalue weighted by Crippen LogP contribution is 2.08. The molecule has 0 aliphatic heterocycles. The third kappa shape index (κ3) is 4.35. The molecule has 3 N–H and O–H groups in total. The van der Waals surface area contributed by atoms with Crippen LogP contribution in [0.1, 0.15) is 5.56 Å². The van der Waals surface area contributed by atoms with E-state index in [1.54, 1.807) is 12.1 Å². The minimum atomic E-state index is -0.443. The summed E-state index contributed by atoms with van der Waals surface area (Å²) in [4.78, 5) is 11.5. The molecule has 0 saturated heterocycles. The molecule has 98 valence electrons. The van der Waals surface area contributed by atoms with E-state index in [0.29, 0.717) is 12.3 Å². The van der Waals surface area contributed by atoms with Crippen molar-refractivity contribution in [2.75, 3.05) is 12.3 Å². The number of carbonyl (C=O) groups excluding carboxylic acids is 1. The van der Waals surface area contributed by atoms with Gasteiger partial charge in [0.15, 0.2) is 0 Å². The van der Waals surface area contributed by atoms with Gasteiger partial charge in [-0.1, -0.05) is 30.3 Å². The number of hydrogen-bond donors (Lipinski definition) is 2. The molecule has 1 amide bonds. The van der Waals surface area contributed by atoms with Gasteiger partial charge in [-0.05, 0) is 36.2 Å². The lowest BCUT2D eigenvalue weighted by Gasteiger charge is -2.06. The van der Waals surface area contributed by atoms with E-state index in [9.17, 15) is 4.79 Å². The summed E-state index contributed by atoms with van der Waals surface area (Å²) >= 11 is 0. The molecule has 4 nitrogen and oxygen atoms in total. The first kappa shape index (κ1) is 13.0. The highest BCUT2D eigenvalue weighted by atomic mass is 16.5. The first-order valence-electron chi connectivity index (χ1n) is 6.09. The second-order valence-electron chi connectivity index (χ2n) is 4.12. The summed E-state index contributed by atoms with van der Waals surface area (Å²) in [7, 11) is 0. The molecule has 2 rings (SSSR count). The lowest BCUT2D eigenvalue weighted by molar-refractivity contribution is 0.200. The van der Waals surface area contributed by atoms with Crippen molar-refractivity contribution in [2.24, 2.45) is 0 Å². The van der Waals surface area contributed by atoms with Gasteiger partial charge in [0.1, 0.15) is 5.75 Å². The van der Waals surface area contributed by atoms with Gasteiger partial charge in [-0.15, -0.1) is 0 Å². The maximum absolute atomic E-state index is 11.5. The van der Waals surface area contributed by atoms with Crippen molar-refractivity contribution in [1.82, 2.24) is 5.32 Å². The fourth-order valence-corrected chi connectivity index (χ4v) is 1.62. The van der Waals surface area contributed by atoms with Crippen LogP contribution in [0.3, 0.4) is 0 Å². The van der Waals surface area contributed by atoms with E-state index in [0.717, 1.165) is 17.7 Å². The Morgan fingerprint density at radius 1 is 1.05 bits per heavy atom. The molecule has 0 atom stereocenters. The number of para-hydroxylation sites is 1. The molecular formula is C15H16N2O2. The topological polar surface area (TPSA) is 64.3 Å². The van der Waals surface area contributed by atoms with E-state index in [1.807, 2.05) is 42.5 Å². The molecule has 4 heteroatoms. The molecule has 2 aromatic carbocycles. The highest BCUT2D eigenvalue weighted by molar-refractivity contribution is 5.70. The molecule has 0 saturated carbocycles.